The number of hydrogen-bond acceptors (Lipinski definition) is 3. The number of carbonyl (C=O) groups is 1. The van der Waals surface area contributed by atoms with Crippen LogP contribution in [-0.4, -0.2) is 11.1 Å². The van der Waals surface area contributed by atoms with Crippen molar-refractivity contribution in [2.24, 2.45) is 0 Å². The molecule has 64 valence electrons. The van der Waals surface area contributed by atoms with Crippen LogP contribution in [-0.2, 0) is 0 Å². The summed E-state index contributed by atoms with van der Waals surface area (Å²) >= 11 is 3.83. The number of anilines is 1. The lowest BCUT2D eigenvalue weighted by molar-refractivity contribution is 0.0692. The van der Waals surface area contributed by atoms with Gasteiger partial charge in [-0.15, -0.1) is 12.6 Å². The van der Waals surface area contributed by atoms with E-state index in [-0.39, 0.29) is 10.6 Å². The highest BCUT2D eigenvalue weighted by Gasteiger charge is 2.11. The van der Waals surface area contributed by atoms with Crippen molar-refractivity contribution in [2.75, 3.05) is 5.73 Å². The molecule has 0 saturated carbocycles. The molecular formula is C7H6FNO2S. The first-order valence-corrected chi connectivity index (χ1v) is 3.48. The average Bonchev–Trinajstić information content (AvgIpc) is 1.96. The van der Waals surface area contributed by atoms with Gasteiger partial charge in [-0.1, -0.05) is 0 Å². The molecule has 0 aliphatic heterocycles. The first-order chi connectivity index (χ1) is 5.52. The molecule has 0 fully saturated rings. The average molecular weight is 187 g/mol. The summed E-state index contributed by atoms with van der Waals surface area (Å²) in [4.78, 5) is 10.6. The van der Waals surface area contributed by atoms with Crippen LogP contribution >= 0.6 is 12.6 Å². The first-order valence-electron chi connectivity index (χ1n) is 3.03. The third-order valence-corrected chi connectivity index (χ3v) is 1.73. The Kier molecular flexibility index (Phi) is 2.23. The van der Waals surface area contributed by atoms with Crippen molar-refractivity contribution in [1.29, 1.82) is 0 Å². The molecule has 0 amide bonds. The van der Waals surface area contributed by atoms with Gasteiger partial charge in [-0.05, 0) is 12.1 Å². The van der Waals surface area contributed by atoms with Gasteiger partial charge in [-0.2, -0.15) is 0 Å². The summed E-state index contributed by atoms with van der Waals surface area (Å²) in [5.41, 5.74) is 5.03. The number of benzene rings is 1. The van der Waals surface area contributed by atoms with E-state index >= 15 is 0 Å². The highest BCUT2D eigenvalue weighted by molar-refractivity contribution is 7.80. The van der Waals surface area contributed by atoms with Crippen molar-refractivity contribution in [3.63, 3.8) is 0 Å². The van der Waals surface area contributed by atoms with Gasteiger partial charge in [0.15, 0.2) is 0 Å². The van der Waals surface area contributed by atoms with Crippen LogP contribution in [0.15, 0.2) is 17.0 Å². The van der Waals surface area contributed by atoms with E-state index in [1.165, 1.54) is 0 Å². The fourth-order valence-corrected chi connectivity index (χ4v) is 0.921. The summed E-state index contributed by atoms with van der Waals surface area (Å²) in [5, 5.41) is 8.46. The first kappa shape index (κ1) is 8.86. The number of nitrogen functional groups attached to an aromatic ring is 1. The van der Waals surface area contributed by atoms with E-state index in [0.717, 1.165) is 12.1 Å². The zero-order valence-corrected chi connectivity index (χ0v) is 6.81. The largest absolute Gasteiger partial charge is 0.478 e. The minimum absolute atomic E-state index is 0.150. The predicted molar refractivity (Wildman–Crippen MR) is 45.0 cm³/mol. The van der Waals surface area contributed by atoms with Gasteiger partial charge in [0.25, 0.3) is 0 Å². The van der Waals surface area contributed by atoms with Gasteiger partial charge in [-0.3, -0.25) is 0 Å². The van der Waals surface area contributed by atoms with E-state index in [9.17, 15) is 9.18 Å². The molecule has 3 nitrogen and oxygen atoms in total. The molecule has 0 saturated heterocycles. The lowest BCUT2D eigenvalue weighted by Crippen LogP contribution is -2.02. The molecule has 0 unspecified atom stereocenters. The number of halogens is 1. The highest BCUT2D eigenvalue weighted by Crippen LogP contribution is 2.20. The maximum Gasteiger partial charge on any atom is 0.338 e. The van der Waals surface area contributed by atoms with Gasteiger partial charge in [0.2, 0.25) is 0 Å². The lowest BCUT2D eigenvalue weighted by Gasteiger charge is -2.01. The van der Waals surface area contributed by atoms with Crippen molar-refractivity contribution >= 4 is 24.3 Å². The Morgan fingerprint density at radius 2 is 2.17 bits per heavy atom. The Morgan fingerprint density at radius 3 is 2.67 bits per heavy atom. The Bertz CT molecular complexity index is 340. The van der Waals surface area contributed by atoms with Crippen molar-refractivity contribution in [2.45, 2.75) is 4.90 Å². The van der Waals surface area contributed by atoms with E-state index in [0.29, 0.717) is 0 Å². The summed E-state index contributed by atoms with van der Waals surface area (Å²) in [6.45, 7) is 0. The maximum atomic E-state index is 12.8. The van der Waals surface area contributed by atoms with E-state index in [1.807, 2.05) is 0 Å². The van der Waals surface area contributed by atoms with Crippen LogP contribution in [0.1, 0.15) is 10.4 Å². The van der Waals surface area contributed by atoms with Crippen molar-refractivity contribution in [1.82, 2.24) is 0 Å². The molecule has 5 heteroatoms. The molecule has 0 aliphatic rings. The molecule has 1 rings (SSSR count). The normalized spacial score (nSPS) is 9.83. The van der Waals surface area contributed by atoms with Crippen LogP contribution in [0.2, 0.25) is 0 Å². The van der Waals surface area contributed by atoms with Crippen LogP contribution < -0.4 is 5.73 Å². The molecule has 0 radical (unpaired) electrons. The topological polar surface area (TPSA) is 63.3 Å². The van der Waals surface area contributed by atoms with Gasteiger partial charge in [-0.25, -0.2) is 9.18 Å². The Hall–Kier alpha value is -1.23. The molecule has 1 aromatic rings. The standard InChI is InChI=1S/C7H6FNO2S/c8-4-2-6(12)5(9)1-3(4)7(10)11/h1-2,12H,9H2,(H,10,11). The third kappa shape index (κ3) is 1.50. The number of aromatic carboxylic acids is 1. The smallest absolute Gasteiger partial charge is 0.338 e. The Balaban J connectivity index is 3.33. The third-order valence-electron chi connectivity index (χ3n) is 1.35. The number of hydrogen-bond donors (Lipinski definition) is 3. The van der Waals surface area contributed by atoms with E-state index in [4.69, 9.17) is 10.8 Å². The molecular weight excluding hydrogens is 181 g/mol. The van der Waals surface area contributed by atoms with E-state index < -0.39 is 17.3 Å². The zero-order chi connectivity index (χ0) is 9.30. The molecule has 0 aromatic heterocycles. The molecule has 0 bridgehead atoms. The molecule has 3 N–H and O–H groups in total. The Morgan fingerprint density at radius 1 is 1.58 bits per heavy atom. The summed E-state index contributed by atoms with van der Waals surface area (Å²) in [5.74, 6) is -2.17. The monoisotopic (exact) mass is 187 g/mol. The van der Waals surface area contributed by atoms with E-state index in [2.05, 4.69) is 12.6 Å². The minimum atomic E-state index is -1.34. The second-order valence-electron chi connectivity index (χ2n) is 2.20. The SMILES string of the molecule is Nc1cc(C(=O)O)c(F)cc1S. The van der Waals surface area contributed by atoms with Crippen LogP contribution in [0, 0.1) is 5.82 Å². The fourth-order valence-electron chi connectivity index (χ4n) is 0.743. The maximum absolute atomic E-state index is 12.8. The van der Waals surface area contributed by atoms with Gasteiger partial charge < -0.3 is 10.8 Å². The fraction of sp³-hybridized carbons (Fsp3) is 0. The van der Waals surface area contributed by atoms with Gasteiger partial charge >= 0.3 is 5.97 Å². The van der Waals surface area contributed by atoms with Crippen molar-refractivity contribution < 1.29 is 14.3 Å². The van der Waals surface area contributed by atoms with Crippen molar-refractivity contribution in [3.8, 4) is 0 Å². The quantitative estimate of drug-likeness (QED) is 0.460. The number of carboxylic acid groups (broad SMARTS) is 1. The highest BCUT2D eigenvalue weighted by atomic mass is 32.1. The minimum Gasteiger partial charge on any atom is -0.478 e. The summed E-state index contributed by atoms with van der Waals surface area (Å²) in [7, 11) is 0. The zero-order valence-electron chi connectivity index (χ0n) is 5.91. The number of thiol groups is 1. The summed E-state index contributed by atoms with van der Waals surface area (Å²) < 4.78 is 12.8. The molecule has 12 heavy (non-hydrogen) atoms. The molecule has 0 heterocycles. The number of carboxylic acids is 1. The van der Waals surface area contributed by atoms with Crippen LogP contribution in [0.5, 0.6) is 0 Å². The van der Waals surface area contributed by atoms with Crippen LogP contribution in [0.3, 0.4) is 0 Å². The lowest BCUT2D eigenvalue weighted by atomic mass is 10.2. The second-order valence-corrected chi connectivity index (χ2v) is 2.68. The van der Waals surface area contributed by atoms with Gasteiger partial charge in [0.05, 0.1) is 5.56 Å². The molecule has 0 atom stereocenters. The number of nitrogens with two attached hydrogens (primary N) is 1. The molecule has 1 aromatic carbocycles. The second kappa shape index (κ2) is 3.02. The Labute approximate surface area is 73.4 Å². The van der Waals surface area contributed by atoms with E-state index in [1.54, 1.807) is 0 Å². The summed E-state index contributed by atoms with van der Waals surface area (Å²) in [6.07, 6.45) is 0. The van der Waals surface area contributed by atoms with Crippen LogP contribution in [0.25, 0.3) is 0 Å². The van der Waals surface area contributed by atoms with Crippen molar-refractivity contribution in [3.05, 3.63) is 23.5 Å². The predicted octanol–water partition coefficient (Wildman–Crippen LogP) is 1.39. The van der Waals surface area contributed by atoms with Gasteiger partial charge in [0, 0.05) is 10.6 Å². The molecule has 0 aliphatic carbocycles. The molecule has 0 spiro atoms. The van der Waals surface area contributed by atoms with Crippen LogP contribution in [0.4, 0.5) is 10.1 Å². The summed E-state index contributed by atoms with van der Waals surface area (Å²) in [6, 6.07) is 2.02. The number of rotatable bonds is 1. The van der Waals surface area contributed by atoms with Gasteiger partial charge in [0.1, 0.15) is 5.82 Å².